The number of aromatic nitrogens is 1. The molecule has 0 fully saturated rings. The van der Waals surface area contributed by atoms with E-state index in [9.17, 15) is 4.79 Å². The summed E-state index contributed by atoms with van der Waals surface area (Å²) in [4.78, 5) is 19.5. The van der Waals surface area contributed by atoms with Crippen LogP contribution in [0.25, 0.3) is 10.8 Å². The predicted octanol–water partition coefficient (Wildman–Crippen LogP) is 5.31. The van der Waals surface area contributed by atoms with E-state index in [0.29, 0.717) is 30.8 Å². The van der Waals surface area contributed by atoms with Gasteiger partial charge in [-0.15, -0.1) is 0 Å². The van der Waals surface area contributed by atoms with Gasteiger partial charge in [0.1, 0.15) is 23.4 Å². The zero-order valence-electron chi connectivity index (χ0n) is 22.9. The van der Waals surface area contributed by atoms with Gasteiger partial charge in [-0.2, -0.15) is 0 Å². The predicted molar refractivity (Wildman–Crippen MR) is 154 cm³/mol. The molecule has 0 aliphatic carbocycles. The Bertz CT molecular complexity index is 1470. The summed E-state index contributed by atoms with van der Waals surface area (Å²) in [5.41, 5.74) is 10.2. The van der Waals surface area contributed by atoms with Crippen LogP contribution >= 0.6 is 0 Å². The lowest BCUT2D eigenvalue weighted by molar-refractivity contribution is -0.137. The first kappa shape index (κ1) is 27.0. The van der Waals surface area contributed by atoms with Crippen LogP contribution in [0.4, 0.5) is 5.82 Å². The molecule has 0 amide bonds. The first-order valence-electron chi connectivity index (χ1n) is 13.1. The number of rotatable bonds is 9. The molecule has 206 valence electrons. The quantitative estimate of drug-likeness (QED) is 0.286. The smallest absolute Gasteiger partial charge is 0.337 e. The largest absolute Gasteiger partial charge is 0.497 e. The van der Waals surface area contributed by atoms with Gasteiger partial charge in [-0.1, -0.05) is 48.5 Å². The summed E-state index contributed by atoms with van der Waals surface area (Å²) in [5.74, 6) is 1.96. The first-order valence-corrected chi connectivity index (χ1v) is 13.1. The molecule has 1 aromatic heterocycles. The number of hydrogen-bond acceptors (Lipinski definition) is 8. The Hall–Kier alpha value is -4.56. The number of benzene rings is 3. The number of esters is 1. The fourth-order valence-corrected chi connectivity index (χ4v) is 4.89. The van der Waals surface area contributed by atoms with Gasteiger partial charge in [-0.25, -0.2) is 9.78 Å². The number of anilines is 1. The van der Waals surface area contributed by atoms with E-state index in [-0.39, 0.29) is 6.61 Å². The number of carbonyl (C=O) groups excluding carboxylic acids is 1. The number of nitrogens with zero attached hydrogens (tertiary/aromatic N) is 2. The fourth-order valence-electron chi connectivity index (χ4n) is 4.89. The average molecular weight is 540 g/mol. The Morgan fingerprint density at radius 3 is 2.08 bits per heavy atom. The zero-order valence-corrected chi connectivity index (χ0v) is 22.9. The third-order valence-electron chi connectivity index (χ3n) is 7.10. The van der Waals surface area contributed by atoms with Gasteiger partial charge in [0.05, 0.1) is 39.2 Å². The van der Waals surface area contributed by atoms with Crippen LogP contribution in [-0.2, 0) is 27.4 Å². The molecule has 8 heteroatoms. The maximum Gasteiger partial charge on any atom is 0.337 e. The molecule has 1 unspecified atom stereocenters. The molecule has 3 aromatic carbocycles. The molecule has 2 heterocycles. The van der Waals surface area contributed by atoms with Crippen LogP contribution in [-0.4, -0.2) is 38.9 Å². The summed E-state index contributed by atoms with van der Waals surface area (Å²) in [7, 11) is 4.66. The van der Waals surface area contributed by atoms with Crippen LogP contribution in [0.2, 0.25) is 0 Å². The molecule has 0 radical (unpaired) electrons. The molecule has 1 aliphatic rings. The highest BCUT2D eigenvalue weighted by atomic mass is 16.5. The van der Waals surface area contributed by atoms with Crippen molar-refractivity contribution in [1.29, 1.82) is 0 Å². The van der Waals surface area contributed by atoms with Crippen LogP contribution in [0.1, 0.15) is 29.3 Å². The second-order valence-corrected chi connectivity index (χ2v) is 9.64. The van der Waals surface area contributed by atoms with E-state index in [0.717, 1.165) is 44.9 Å². The van der Waals surface area contributed by atoms with Gasteiger partial charge < -0.3 is 29.6 Å². The average Bonchev–Trinajstić information content (AvgIpc) is 3.00. The zero-order chi connectivity index (χ0) is 28.1. The summed E-state index contributed by atoms with van der Waals surface area (Å²) in [6.45, 7) is 1.33. The standard InChI is InChI=1S/C32H33N3O5/c1-37-24-12-8-21(9-13-24)18-35(19-22-10-14-25(38-2)15-11-22)30-16-23-6-4-5-7-26(23)31(34-30)29-17-28(33)27(20-40-29)32(36)39-3/h4-16,29H,17-20,33H2,1-3H3. The molecule has 2 N–H and O–H groups in total. The normalized spacial score (nSPS) is 15.1. The number of hydrogen-bond donors (Lipinski definition) is 1. The van der Waals surface area contributed by atoms with Gasteiger partial charge in [-0.3, -0.25) is 0 Å². The molecule has 4 aromatic rings. The van der Waals surface area contributed by atoms with Crippen molar-refractivity contribution in [2.75, 3.05) is 32.8 Å². The van der Waals surface area contributed by atoms with Crippen LogP contribution in [0, 0.1) is 0 Å². The molecule has 0 bridgehead atoms. The molecular formula is C32H33N3O5. The Kier molecular flexibility index (Phi) is 8.17. The number of fused-ring (bicyclic) bond motifs is 1. The van der Waals surface area contributed by atoms with Crippen molar-refractivity contribution >= 4 is 22.6 Å². The SMILES string of the molecule is COC(=O)C1=C(N)CC(c2nc(N(Cc3ccc(OC)cc3)Cc3ccc(OC)cc3)cc3ccccc23)OC1. The lowest BCUT2D eigenvalue weighted by Crippen LogP contribution is -2.27. The maximum atomic E-state index is 12.1. The highest BCUT2D eigenvalue weighted by Gasteiger charge is 2.28. The van der Waals surface area contributed by atoms with Gasteiger partial charge in [0.2, 0.25) is 0 Å². The van der Waals surface area contributed by atoms with Crippen molar-refractivity contribution in [3.63, 3.8) is 0 Å². The van der Waals surface area contributed by atoms with Crippen molar-refractivity contribution < 1.29 is 23.7 Å². The fraction of sp³-hybridized carbons (Fsp3) is 0.250. The van der Waals surface area contributed by atoms with Crippen molar-refractivity contribution in [3.8, 4) is 11.5 Å². The minimum absolute atomic E-state index is 0.0742. The Morgan fingerprint density at radius 1 is 0.925 bits per heavy atom. The second kappa shape index (κ2) is 12.1. The highest BCUT2D eigenvalue weighted by molar-refractivity contribution is 5.90. The van der Waals surface area contributed by atoms with Crippen molar-refractivity contribution in [1.82, 2.24) is 4.98 Å². The van der Waals surface area contributed by atoms with Gasteiger partial charge in [0.15, 0.2) is 0 Å². The Balaban J connectivity index is 1.55. The molecule has 1 atom stereocenters. The topological polar surface area (TPSA) is 96.1 Å². The van der Waals surface area contributed by atoms with Gasteiger partial charge in [0, 0.05) is 30.6 Å². The summed E-state index contributed by atoms with van der Waals surface area (Å²) in [6.07, 6.45) is -0.0518. The number of nitrogens with two attached hydrogens (primary N) is 1. The van der Waals surface area contributed by atoms with E-state index >= 15 is 0 Å². The van der Waals surface area contributed by atoms with Crippen LogP contribution < -0.4 is 20.1 Å². The highest BCUT2D eigenvalue weighted by Crippen LogP contribution is 2.35. The van der Waals surface area contributed by atoms with Crippen LogP contribution in [0.5, 0.6) is 11.5 Å². The summed E-state index contributed by atoms with van der Waals surface area (Å²) < 4.78 is 21.7. The monoisotopic (exact) mass is 539 g/mol. The lowest BCUT2D eigenvalue weighted by atomic mass is 9.99. The number of pyridine rings is 1. The van der Waals surface area contributed by atoms with Crippen molar-refractivity contribution in [2.24, 2.45) is 5.73 Å². The lowest BCUT2D eigenvalue weighted by Gasteiger charge is -2.29. The van der Waals surface area contributed by atoms with E-state index in [1.165, 1.54) is 7.11 Å². The van der Waals surface area contributed by atoms with Gasteiger partial charge in [-0.05, 0) is 46.8 Å². The third kappa shape index (κ3) is 5.87. The minimum Gasteiger partial charge on any atom is -0.497 e. The summed E-state index contributed by atoms with van der Waals surface area (Å²) in [5, 5.41) is 2.03. The molecule has 0 saturated heterocycles. The van der Waals surface area contributed by atoms with Crippen molar-refractivity contribution in [2.45, 2.75) is 25.6 Å². The number of ether oxygens (including phenoxy) is 4. The molecule has 0 spiro atoms. The number of methoxy groups -OCH3 is 3. The van der Waals surface area contributed by atoms with E-state index in [2.05, 4.69) is 41.3 Å². The molecule has 40 heavy (non-hydrogen) atoms. The maximum absolute atomic E-state index is 12.1. The number of carbonyl (C=O) groups is 1. The van der Waals surface area contributed by atoms with Crippen LogP contribution in [0.15, 0.2) is 90.1 Å². The van der Waals surface area contributed by atoms with E-state index in [4.69, 9.17) is 29.7 Å². The Morgan fingerprint density at radius 2 is 1.52 bits per heavy atom. The summed E-state index contributed by atoms with van der Waals surface area (Å²) >= 11 is 0. The second-order valence-electron chi connectivity index (χ2n) is 9.64. The third-order valence-corrected chi connectivity index (χ3v) is 7.10. The van der Waals surface area contributed by atoms with E-state index < -0.39 is 12.1 Å². The molecule has 0 saturated carbocycles. The van der Waals surface area contributed by atoms with E-state index in [1.807, 2.05) is 42.5 Å². The Labute approximate surface area is 233 Å². The molecule has 5 rings (SSSR count). The minimum atomic E-state index is -0.465. The van der Waals surface area contributed by atoms with E-state index in [1.54, 1.807) is 14.2 Å². The van der Waals surface area contributed by atoms with Crippen LogP contribution in [0.3, 0.4) is 0 Å². The van der Waals surface area contributed by atoms with Crippen molar-refractivity contribution in [3.05, 3.63) is 107 Å². The molecule has 8 nitrogen and oxygen atoms in total. The summed E-state index contributed by atoms with van der Waals surface area (Å²) in [6, 6.07) is 26.3. The molecule has 1 aliphatic heterocycles. The van der Waals surface area contributed by atoms with Gasteiger partial charge in [0.25, 0.3) is 0 Å². The molecular weight excluding hydrogens is 506 g/mol. The van der Waals surface area contributed by atoms with Gasteiger partial charge >= 0.3 is 5.97 Å². The first-order chi connectivity index (χ1) is 19.5.